The van der Waals surface area contributed by atoms with E-state index in [1.165, 1.54) is 24.3 Å². The summed E-state index contributed by atoms with van der Waals surface area (Å²) in [6, 6.07) is 7.09. The molecule has 1 heterocycles. The molecule has 0 radical (unpaired) electrons. The molecule has 0 atom stereocenters. The molecule has 0 saturated heterocycles. The largest absolute Gasteiger partial charge is 0.372 e. The van der Waals surface area contributed by atoms with Crippen molar-refractivity contribution in [3.8, 4) is 0 Å². The Labute approximate surface area is 164 Å². The molecule has 0 spiro atoms. The molecular weight excluding hydrogens is 387 g/mol. The Hall–Kier alpha value is -3.36. The molecule has 0 unspecified atom stereocenters. The van der Waals surface area contributed by atoms with E-state index in [0.717, 1.165) is 16.7 Å². The second kappa shape index (κ2) is 10.8. The Balaban J connectivity index is 0.000000277. The van der Waals surface area contributed by atoms with E-state index in [9.17, 15) is 22.8 Å². The summed E-state index contributed by atoms with van der Waals surface area (Å²) in [6.07, 6.45) is 0.853. The van der Waals surface area contributed by atoms with Crippen molar-refractivity contribution in [2.75, 3.05) is 0 Å². The lowest BCUT2D eigenvalue weighted by Crippen LogP contribution is -2.36. The van der Waals surface area contributed by atoms with Crippen LogP contribution in [0, 0.1) is 17.5 Å². The molecule has 0 aliphatic rings. The first-order chi connectivity index (χ1) is 13.7. The van der Waals surface area contributed by atoms with Crippen molar-refractivity contribution < 1.29 is 18.0 Å². The molecule has 3 aromatic rings. The van der Waals surface area contributed by atoms with Crippen LogP contribution in [0.1, 0.15) is 32.4 Å². The zero-order valence-electron chi connectivity index (χ0n) is 16.2. The molecule has 1 aromatic heterocycles. The Morgan fingerprint density at radius 3 is 2.14 bits per heavy atom. The number of hydrogen-bond acceptors (Lipinski definition) is 3. The molecule has 1 amide bonds. The van der Waals surface area contributed by atoms with Crippen molar-refractivity contribution in [2.45, 2.75) is 33.2 Å². The topological polar surface area (TPSA) is 97.9 Å². The molecule has 0 fully saturated rings. The van der Waals surface area contributed by atoms with Crippen molar-refractivity contribution in [1.82, 2.24) is 9.55 Å². The summed E-state index contributed by atoms with van der Waals surface area (Å²) in [5, 5.41) is 0.188. The second-order valence-corrected chi connectivity index (χ2v) is 6.11. The summed E-state index contributed by atoms with van der Waals surface area (Å²) >= 11 is 0. The van der Waals surface area contributed by atoms with Crippen LogP contribution in [0.25, 0.3) is 10.9 Å². The van der Waals surface area contributed by atoms with E-state index in [0.29, 0.717) is 17.5 Å². The van der Waals surface area contributed by atoms with Gasteiger partial charge in [-0.15, -0.1) is 0 Å². The van der Waals surface area contributed by atoms with Crippen LogP contribution in [0.15, 0.2) is 46.0 Å². The predicted molar refractivity (Wildman–Crippen MR) is 105 cm³/mol. The van der Waals surface area contributed by atoms with Crippen LogP contribution in [0.5, 0.6) is 0 Å². The number of fused-ring (bicyclic) bond motifs is 1. The molecule has 9 heteroatoms. The molecule has 6 nitrogen and oxygen atoms in total. The maximum absolute atomic E-state index is 13.0. The van der Waals surface area contributed by atoms with Crippen LogP contribution >= 0.6 is 0 Å². The number of nitrogens with one attached hydrogen (secondary N) is 1. The Morgan fingerprint density at radius 2 is 1.62 bits per heavy atom. The third-order valence-electron chi connectivity index (χ3n) is 3.80. The van der Waals surface area contributed by atoms with E-state index in [1.807, 2.05) is 6.92 Å². The van der Waals surface area contributed by atoms with Crippen molar-refractivity contribution in [3.63, 3.8) is 0 Å². The third kappa shape index (κ3) is 6.34. The van der Waals surface area contributed by atoms with E-state index >= 15 is 0 Å². The average molecular weight is 409 g/mol. The van der Waals surface area contributed by atoms with Gasteiger partial charge >= 0.3 is 5.69 Å². The molecule has 0 saturated carbocycles. The smallest absolute Gasteiger partial charge is 0.329 e. The van der Waals surface area contributed by atoms with Gasteiger partial charge in [0.1, 0.15) is 17.5 Å². The summed E-state index contributed by atoms with van der Waals surface area (Å²) in [7, 11) is 0. The Bertz CT molecular complexity index is 1090. The minimum atomic E-state index is -0.519. The standard InChI is InChI=1S/C11H11FN2O2.C8H8F2.CH3NO/c1-6(2)14-10(15)8-5-7(12)3-4-9(8)13-11(14)16;1-2-6-3-4-7(9)5-8(6)10;2-1-3/h3-6H,1-2H3,(H,13,16);3-5H,2H2,1H3;1H,(H2,2,3). The fraction of sp³-hybridized carbons (Fsp3) is 0.250. The number of rotatable bonds is 2. The van der Waals surface area contributed by atoms with E-state index in [1.54, 1.807) is 13.8 Å². The van der Waals surface area contributed by atoms with Gasteiger partial charge in [0.2, 0.25) is 6.41 Å². The van der Waals surface area contributed by atoms with Gasteiger partial charge in [-0.25, -0.2) is 18.0 Å². The Morgan fingerprint density at radius 1 is 1.07 bits per heavy atom. The number of hydrogen-bond donors (Lipinski definition) is 2. The maximum atomic E-state index is 13.0. The highest BCUT2D eigenvalue weighted by Gasteiger charge is 2.10. The van der Waals surface area contributed by atoms with Crippen molar-refractivity contribution in [3.05, 3.63) is 80.3 Å². The molecule has 0 aliphatic carbocycles. The number of carbonyl (C=O) groups is 1. The maximum Gasteiger partial charge on any atom is 0.329 e. The molecule has 29 heavy (non-hydrogen) atoms. The van der Waals surface area contributed by atoms with Crippen LogP contribution in [0.3, 0.4) is 0 Å². The number of halogens is 3. The number of nitrogens with two attached hydrogens (primary N) is 1. The Kier molecular flexibility index (Phi) is 8.85. The number of aryl methyl sites for hydroxylation is 1. The van der Waals surface area contributed by atoms with E-state index < -0.39 is 28.7 Å². The van der Waals surface area contributed by atoms with Crippen LogP contribution in [-0.4, -0.2) is 16.0 Å². The van der Waals surface area contributed by atoms with E-state index in [4.69, 9.17) is 4.79 Å². The molecule has 156 valence electrons. The van der Waals surface area contributed by atoms with Crippen molar-refractivity contribution in [1.29, 1.82) is 0 Å². The number of aromatic nitrogens is 2. The monoisotopic (exact) mass is 409 g/mol. The van der Waals surface area contributed by atoms with Crippen LogP contribution in [0.2, 0.25) is 0 Å². The highest BCUT2D eigenvalue weighted by molar-refractivity contribution is 5.77. The number of H-pyrrole nitrogens is 1. The number of benzene rings is 2. The predicted octanol–water partition coefficient (Wildman–Crippen LogP) is 3.04. The van der Waals surface area contributed by atoms with Gasteiger partial charge in [-0.05, 0) is 50.1 Å². The average Bonchev–Trinajstić information content (AvgIpc) is 2.63. The van der Waals surface area contributed by atoms with Gasteiger partial charge in [-0.1, -0.05) is 13.0 Å². The van der Waals surface area contributed by atoms with Crippen LogP contribution in [-0.2, 0) is 11.2 Å². The highest BCUT2D eigenvalue weighted by Crippen LogP contribution is 2.09. The van der Waals surface area contributed by atoms with E-state index in [2.05, 4.69) is 10.7 Å². The summed E-state index contributed by atoms with van der Waals surface area (Å²) < 4.78 is 38.9. The highest BCUT2D eigenvalue weighted by atomic mass is 19.1. The molecule has 2 aromatic carbocycles. The van der Waals surface area contributed by atoms with Gasteiger partial charge < -0.3 is 10.7 Å². The lowest BCUT2D eigenvalue weighted by atomic mass is 10.1. The molecule has 0 bridgehead atoms. The lowest BCUT2D eigenvalue weighted by Gasteiger charge is -2.09. The number of carbonyl (C=O) groups excluding carboxylic acids is 1. The number of nitrogens with zero attached hydrogens (tertiary/aromatic N) is 1. The summed E-state index contributed by atoms with van der Waals surface area (Å²) in [6.45, 7) is 5.28. The zero-order valence-corrected chi connectivity index (χ0v) is 16.2. The summed E-state index contributed by atoms with van der Waals surface area (Å²) in [5.74, 6) is -1.47. The molecule has 0 aliphatic heterocycles. The fourth-order valence-corrected chi connectivity index (χ4v) is 2.48. The minimum absolute atomic E-state index is 0.188. The molecule has 3 rings (SSSR count). The van der Waals surface area contributed by atoms with Gasteiger partial charge in [0.15, 0.2) is 0 Å². The van der Waals surface area contributed by atoms with Crippen LogP contribution in [0.4, 0.5) is 13.2 Å². The van der Waals surface area contributed by atoms with Gasteiger partial charge in [0, 0.05) is 12.1 Å². The molecular formula is C20H22F3N3O3. The third-order valence-corrected chi connectivity index (χ3v) is 3.80. The van der Waals surface area contributed by atoms with Gasteiger partial charge in [-0.2, -0.15) is 0 Å². The number of amides is 1. The van der Waals surface area contributed by atoms with Gasteiger partial charge in [-0.3, -0.25) is 14.2 Å². The zero-order chi connectivity index (χ0) is 22.1. The number of aromatic amines is 1. The fourth-order valence-electron chi connectivity index (χ4n) is 2.48. The number of primary amides is 1. The van der Waals surface area contributed by atoms with E-state index in [-0.39, 0.29) is 17.8 Å². The lowest BCUT2D eigenvalue weighted by molar-refractivity contribution is -0.106. The SMILES string of the molecule is CC(C)n1c(=O)[nH]c2ccc(F)cc2c1=O.CCc1ccc(F)cc1F.NC=O. The van der Waals surface area contributed by atoms with Gasteiger partial charge in [0.05, 0.1) is 10.9 Å². The van der Waals surface area contributed by atoms with Crippen LogP contribution < -0.4 is 17.0 Å². The van der Waals surface area contributed by atoms with Crippen molar-refractivity contribution in [2.24, 2.45) is 5.73 Å². The summed E-state index contributed by atoms with van der Waals surface area (Å²) in [4.78, 5) is 34.6. The second-order valence-electron chi connectivity index (χ2n) is 6.11. The summed E-state index contributed by atoms with van der Waals surface area (Å²) in [5.41, 5.74) is 4.14. The first kappa shape index (κ1) is 23.7. The first-order valence-electron chi connectivity index (χ1n) is 8.69. The molecule has 3 N–H and O–H groups in total. The minimum Gasteiger partial charge on any atom is -0.372 e. The van der Waals surface area contributed by atoms with Gasteiger partial charge in [0.25, 0.3) is 5.56 Å². The normalized spacial score (nSPS) is 10.0. The first-order valence-corrected chi connectivity index (χ1v) is 8.69. The van der Waals surface area contributed by atoms with Crippen molar-refractivity contribution >= 4 is 17.3 Å². The quantitative estimate of drug-likeness (QED) is 0.637.